The molecule has 2 atom stereocenters. The number of allylic oxidation sites excluding steroid dienone is 4. The van der Waals surface area contributed by atoms with Crippen molar-refractivity contribution in [3.8, 4) is 0 Å². The van der Waals surface area contributed by atoms with Gasteiger partial charge >= 0.3 is 6.18 Å². The summed E-state index contributed by atoms with van der Waals surface area (Å²) in [6, 6.07) is 4.08. The lowest BCUT2D eigenvalue weighted by Gasteiger charge is -2.44. The molecule has 1 fully saturated rings. The number of benzene rings is 1. The van der Waals surface area contributed by atoms with E-state index in [1.165, 1.54) is 26.8 Å². The number of sulfonamides is 2. The summed E-state index contributed by atoms with van der Waals surface area (Å²) >= 11 is 5.27. The molecule has 1 N–H and O–H groups in total. The van der Waals surface area contributed by atoms with Crippen molar-refractivity contribution in [2.75, 3.05) is 37.3 Å². The molecule has 0 unspecified atom stereocenters. The van der Waals surface area contributed by atoms with Crippen molar-refractivity contribution < 1.29 is 35.1 Å². The van der Waals surface area contributed by atoms with Crippen LogP contribution in [0.2, 0.25) is 0 Å². The highest BCUT2D eigenvalue weighted by Gasteiger charge is 2.51. The maximum atomic E-state index is 13.5. The Morgan fingerprint density at radius 2 is 1.74 bits per heavy atom. The first kappa shape index (κ1) is 30.7. The molecule has 2 aliphatic rings. The van der Waals surface area contributed by atoms with Crippen LogP contribution >= 0.6 is 12.2 Å². The number of aliphatic hydroxyl groups is 1. The summed E-state index contributed by atoms with van der Waals surface area (Å²) in [5.41, 5.74) is -2.93. The van der Waals surface area contributed by atoms with Gasteiger partial charge in [-0.25, -0.2) is 16.8 Å². The van der Waals surface area contributed by atoms with E-state index in [1.54, 1.807) is 30.9 Å². The number of thiocarbonyl (C=S) groups is 1. The molecule has 0 radical (unpaired) electrons. The van der Waals surface area contributed by atoms with E-state index in [0.717, 1.165) is 18.4 Å². The van der Waals surface area contributed by atoms with Gasteiger partial charge in [0.05, 0.1) is 17.2 Å². The average Bonchev–Trinajstić information content (AvgIpc) is 2.81. The van der Waals surface area contributed by atoms with Crippen LogP contribution in [0, 0.1) is 0 Å². The Bertz CT molecular complexity index is 1320. The molecule has 0 amide bonds. The van der Waals surface area contributed by atoms with E-state index in [9.17, 15) is 35.1 Å². The van der Waals surface area contributed by atoms with Gasteiger partial charge in [0.2, 0.25) is 20.0 Å². The maximum Gasteiger partial charge on any atom is 0.421 e. The van der Waals surface area contributed by atoms with Gasteiger partial charge in [0, 0.05) is 49.2 Å². The Hall–Kier alpha value is -1.84. The molecule has 1 saturated heterocycles. The fraction of sp³-hybridized carbons (Fsp3) is 0.542. The minimum atomic E-state index is -4.88. The molecule has 3 rings (SSSR count). The summed E-state index contributed by atoms with van der Waals surface area (Å²) < 4.78 is 94.4. The molecule has 0 aromatic heterocycles. The van der Waals surface area contributed by atoms with E-state index in [-0.39, 0.29) is 36.6 Å². The van der Waals surface area contributed by atoms with Crippen molar-refractivity contribution in [3.05, 3.63) is 53.0 Å². The number of rotatable bonds is 8. The van der Waals surface area contributed by atoms with E-state index in [2.05, 4.69) is 0 Å². The minimum absolute atomic E-state index is 0.0322. The molecular formula is C24H32F3N3O5S3. The second-order valence-electron chi connectivity index (χ2n) is 9.84. The van der Waals surface area contributed by atoms with Gasteiger partial charge in [-0.05, 0) is 44.5 Å². The highest BCUT2D eigenvalue weighted by atomic mass is 32.2. The first-order chi connectivity index (χ1) is 17.4. The van der Waals surface area contributed by atoms with Gasteiger partial charge in [0.25, 0.3) is 0 Å². The Morgan fingerprint density at radius 1 is 1.13 bits per heavy atom. The number of hydrogen-bond acceptors (Lipinski definition) is 7. The summed E-state index contributed by atoms with van der Waals surface area (Å²) in [4.78, 5) is 2.11. The van der Waals surface area contributed by atoms with E-state index >= 15 is 0 Å². The molecule has 0 spiro atoms. The standard InChI is InChI=1S/C24H32F3N3O5S3/c1-17(2)30(37(4,32)33)16-20-15-28(38(34,35)22-8-6-5-7-21(22)36)13-14-29(20)19-11-9-18(10-12-19)23(3,31)24(25,26)27/h5-6,8-12,17,20,31H,7,13-16H2,1-4H3/t20-,23-/m1/s1. The number of anilines is 1. The van der Waals surface area contributed by atoms with Crippen LogP contribution in [0.15, 0.2) is 47.4 Å². The Balaban J connectivity index is 1.98. The van der Waals surface area contributed by atoms with Crippen molar-refractivity contribution in [2.24, 2.45) is 0 Å². The quantitative estimate of drug-likeness (QED) is 0.461. The summed E-state index contributed by atoms with van der Waals surface area (Å²) in [6.07, 6.45) is 1.35. The van der Waals surface area contributed by atoms with Crippen LogP contribution in [0.5, 0.6) is 0 Å². The normalized spacial score (nSPS) is 21.6. The predicted molar refractivity (Wildman–Crippen MR) is 145 cm³/mol. The second kappa shape index (κ2) is 11.0. The van der Waals surface area contributed by atoms with Crippen LogP contribution in [-0.2, 0) is 25.6 Å². The highest BCUT2D eigenvalue weighted by molar-refractivity contribution is 7.96. The highest BCUT2D eigenvalue weighted by Crippen LogP contribution is 2.39. The number of hydrogen-bond donors (Lipinski definition) is 1. The summed E-state index contributed by atoms with van der Waals surface area (Å²) in [5.74, 6) is 0. The monoisotopic (exact) mass is 595 g/mol. The molecule has 1 aromatic carbocycles. The summed E-state index contributed by atoms with van der Waals surface area (Å²) in [5, 5.41) is 10.0. The lowest BCUT2D eigenvalue weighted by molar-refractivity contribution is -0.258. The number of nitrogens with zero attached hydrogens (tertiary/aromatic N) is 3. The molecule has 1 heterocycles. The third-order valence-corrected chi connectivity index (χ3v) is 10.6. The van der Waals surface area contributed by atoms with Crippen molar-refractivity contribution >= 4 is 42.8 Å². The zero-order valence-corrected chi connectivity index (χ0v) is 24.0. The lowest BCUT2D eigenvalue weighted by Crippen LogP contribution is -2.59. The van der Waals surface area contributed by atoms with Gasteiger partial charge in [-0.15, -0.1) is 0 Å². The number of halogens is 3. The fourth-order valence-electron chi connectivity index (χ4n) is 4.51. The molecular weight excluding hydrogens is 563 g/mol. The van der Waals surface area contributed by atoms with Crippen molar-refractivity contribution in [2.45, 2.75) is 51.1 Å². The third kappa shape index (κ3) is 6.31. The minimum Gasteiger partial charge on any atom is -0.376 e. The number of alkyl halides is 3. The largest absolute Gasteiger partial charge is 0.421 e. The van der Waals surface area contributed by atoms with Crippen molar-refractivity contribution in [1.82, 2.24) is 8.61 Å². The van der Waals surface area contributed by atoms with E-state index < -0.39 is 43.9 Å². The molecule has 14 heteroatoms. The Kier molecular flexibility index (Phi) is 8.86. The maximum absolute atomic E-state index is 13.5. The second-order valence-corrected chi connectivity index (χ2v) is 14.2. The van der Waals surface area contributed by atoms with Crippen LogP contribution in [0.25, 0.3) is 0 Å². The zero-order chi connectivity index (χ0) is 28.7. The van der Waals surface area contributed by atoms with Crippen LogP contribution in [0.4, 0.5) is 18.9 Å². The molecule has 1 aromatic rings. The number of piperazine rings is 1. The fourth-order valence-corrected chi connectivity index (χ4v) is 7.79. The van der Waals surface area contributed by atoms with Gasteiger partial charge in [0.1, 0.15) is 0 Å². The molecule has 0 saturated carbocycles. The SMILES string of the molecule is CC(C)N(C[C@H]1CN(S(=O)(=O)C2=CC=CCC2=S)CCN1c1ccc([C@@](C)(O)C(F)(F)F)cc1)S(C)(=O)=O. The molecule has 0 bridgehead atoms. The van der Waals surface area contributed by atoms with Crippen LogP contribution < -0.4 is 4.90 Å². The van der Waals surface area contributed by atoms with Gasteiger partial charge in [-0.1, -0.05) is 36.5 Å². The molecule has 1 aliphatic carbocycles. The lowest BCUT2D eigenvalue weighted by atomic mass is 9.95. The van der Waals surface area contributed by atoms with Crippen LogP contribution in [0.1, 0.15) is 32.8 Å². The topological polar surface area (TPSA) is 98.2 Å². The Labute approximate surface area is 227 Å². The Morgan fingerprint density at radius 3 is 2.24 bits per heavy atom. The molecule has 1 aliphatic heterocycles. The zero-order valence-electron chi connectivity index (χ0n) is 21.5. The molecule has 8 nitrogen and oxygen atoms in total. The van der Waals surface area contributed by atoms with Gasteiger partial charge in [0.15, 0.2) is 5.60 Å². The molecule has 38 heavy (non-hydrogen) atoms. The van der Waals surface area contributed by atoms with Crippen molar-refractivity contribution in [1.29, 1.82) is 0 Å². The first-order valence-corrected chi connectivity index (χ1v) is 15.6. The first-order valence-electron chi connectivity index (χ1n) is 11.9. The molecule has 212 valence electrons. The van der Waals surface area contributed by atoms with E-state index in [1.807, 2.05) is 0 Å². The van der Waals surface area contributed by atoms with Crippen LogP contribution in [-0.4, -0.2) is 86.1 Å². The summed E-state index contributed by atoms with van der Waals surface area (Å²) in [7, 11) is -7.61. The van der Waals surface area contributed by atoms with Gasteiger partial charge < -0.3 is 10.0 Å². The average molecular weight is 596 g/mol. The smallest absolute Gasteiger partial charge is 0.376 e. The van der Waals surface area contributed by atoms with Gasteiger partial charge in [-0.2, -0.15) is 21.8 Å². The predicted octanol–water partition coefficient (Wildman–Crippen LogP) is 3.16. The third-order valence-electron chi connectivity index (χ3n) is 6.73. The van der Waals surface area contributed by atoms with E-state index in [0.29, 0.717) is 23.9 Å². The van der Waals surface area contributed by atoms with Crippen LogP contribution in [0.3, 0.4) is 0 Å². The van der Waals surface area contributed by atoms with Crippen molar-refractivity contribution in [3.63, 3.8) is 0 Å². The van der Waals surface area contributed by atoms with Gasteiger partial charge in [-0.3, -0.25) is 0 Å². The summed E-state index contributed by atoms with van der Waals surface area (Å²) in [6.45, 7) is 4.18. The van der Waals surface area contributed by atoms with E-state index in [4.69, 9.17) is 12.2 Å².